The molecule has 0 atom stereocenters. The predicted octanol–water partition coefficient (Wildman–Crippen LogP) is 2.83. The molecule has 0 aliphatic rings. The zero-order chi connectivity index (χ0) is 7.28. The van der Waals surface area contributed by atoms with Crippen LogP contribution >= 0.6 is 27.5 Å². The third-order valence-electron chi connectivity index (χ3n) is 0.800. The lowest BCUT2D eigenvalue weighted by Crippen LogP contribution is -1.82. The summed E-state index contributed by atoms with van der Waals surface area (Å²) < 4.78 is 0.464. The van der Waals surface area contributed by atoms with Gasteiger partial charge in [0.1, 0.15) is 0 Å². The van der Waals surface area contributed by atoms with E-state index in [0.717, 1.165) is 12.8 Å². The maximum absolute atomic E-state index is 10.3. The van der Waals surface area contributed by atoms with Gasteiger partial charge in [-0.3, -0.25) is 4.79 Å². The Balaban J connectivity index is 3.69. The molecule has 0 fully saturated rings. The first-order valence-electron chi connectivity index (χ1n) is 2.74. The van der Waals surface area contributed by atoms with Gasteiger partial charge in [-0.15, -0.1) is 0 Å². The molecule has 9 heavy (non-hydrogen) atoms. The molecule has 0 spiro atoms. The van der Waals surface area contributed by atoms with Crippen molar-refractivity contribution in [3.63, 3.8) is 0 Å². The van der Waals surface area contributed by atoms with Gasteiger partial charge in [0.15, 0.2) is 0 Å². The molecule has 0 saturated heterocycles. The van der Waals surface area contributed by atoms with Crippen LogP contribution in [0.2, 0.25) is 0 Å². The minimum atomic E-state index is -0.427. The number of hydrogen-bond acceptors (Lipinski definition) is 1. The highest BCUT2D eigenvalue weighted by atomic mass is 79.9. The molecular formula is C6H8BrClO. The Morgan fingerprint density at radius 3 is 2.67 bits per heavy atom. The number of carbonyl (C=O) groups is 1. The number of allylic oxidation sites excluding steroid dienone is 2. The summed E-state index contributed by atoms with van der Waals surface area (Å²) in [7, 11) is 0. The molecule has 0 aliphatic heterocycles. The molecular weight excluding hydrogens is 203 g/mol. The van der Waals surface area contributed by atoms with E-state index < -0.39 is 5.24 Å². The van der Waals surface area contributed by atoms with E-state index in [9.17, 15) is 4.79 Å². The van der Waals surface area contributed by atoms with Gasteiger partial charge in [0.05, 0.1) is 4.48 Å². The molecule has 0 aliphatic carbocycles. The van der Waals surface area contributed by atoms with Crippen molar-refractivity contribution in [2.45, 2.75) is 19.8 Å². The molecule has 0 saturated carbocycles. The van der Waals surface area contributed by atoms with Crippen LogP contribution in [0.15, 0.2) is 10.6 Å². The van der Waals surface area contributed by atoms with Gasteiger partial charge in [0.25, 0.3) is 5.24 Å². The van der Waals surface area contributed by atoms with Gasteiger partial charge >= 0.3 is 0 Å². The first kappa shape index (κ1) is 9.18. The molecule has 52 valence electrons. The summed E-state index contributed by atoms with van der Waals surface area (Å²) in [5.41, 5.74) is 0. The summed E-state index contributed by atoms with van der Waals surface area (Å²) in [5.74, 6) is 0. The van der Waals surface area contributed by atoms with Crippen LogP contribution in [-0.2, 0) is 4.79 Å². The highest BCUT2D eigenvalue weighted by Gasteiger charge is 1.97. The summed E-state index contributed by atoms with van der Waals surface area (Å²) >= 11 is 8.13. The summed E-state index contributed by atoms with van der Waals surface area (Å²) in [6.07, 6.45) is 3.69. The number of carbonyl (C=O) groups excluding carboxylic acids is 1. The average Bonchev–Trinajstić information content (AvgIpc) is 1.82. The first-order chi connectivity index (χ1) is 4.18. The molecule has 0 rings (SSSR count). The zero-order valence-corrected chi connectivity index (χ0v) is 7.50. The van der Waals surface area contributed by atoms with E-state index in [1.54, 1.807) is 6.08 Å². The van der Waals surface area contributed by atoms with Crippen molar-refractivity contribution in [2.24, 2.45) is 0 Å². The number of rotatable bonds is 3. The van der Waals surface area contributed by atoms with E-state index in [1.807, 2.05) is 6.92 Å². The molecule has 3 heteroatoms. The van der Waals surface area contributed by atoms with E-state index in [1.165, 1.54) is 0 Å². The van der Waals surface area contributed by atoms with Crippen molar-refractivity contribution in [1.82, 2.24) is 0 Å². The molecule has 0 heterocycles. The summed E-state index contributed by atoms with van der Waals surface area (Å²) in [6, 6.07) is 0. The molecule has 0 amide bonds. The van der Waals surface area contributed by atoms with Crippen LogP contribution in [-0.4, -0.2) is 5.24 Å². The van der Waals surface area contributed by atoms with Crippen LogP contribution in [0.5, 0.6) is 0 Å². The van der Waals surface area contributed by atoms with Gasteiger partial charge in [-0.1, -0.05) is 19.4 Å². The molecule has 0 aromatic rings. The van der Waals surface area contributed by atoms with Crippen molar-refractivity contribution < 1.29 is 4.79 Å². The maximum Gasteiger partial charge on any atom is 0.259 e. The lowest BCUT2D eigenvalue weighted by atomic mass is 10.3. The van der Waals surface area contributed by atoms with Crippen LogP contribution in [0.4, 0.5) is 0 Å². The second-order valence-electron chi connectivity index (χ2n) is 1.61. The fraction of sp³-hybridized carbons (Fsp3) is 0.500. The fourth-order valence-electron chi connectivity index (χ4n) is 0.351. The third-order valence-corrected chi connectivity index (χ3v) is 1.92. The summed E-state index contributed by atoms with van der Waals surface area (Å²) in [4.78, 5) is 10.3. The molecule has 0 N–H and O–H groups in total. The number of hydrogen-bond donors (Lipinski definition) is 0. The van der Waals surface area contributed by atoms with Crippen molar-refractivity contribution in [3.8, 4) is 0 Å². The zero-order valence-electron chi connectivity index (χ0n) is 5.16. The molecule has 0 aromatic carbocycles. The molecule has 0 unspecified atom stereocenters. The molecule has 0 aromatic heterocycles. The largest absolute Gasteiger partial charge is 0.275 e. The second-order valence-corrected chi connectivity index (χ2v) is 2.81. The predicted molar refractivity (Wildman–Crippen MR) is 42.8 cm³/mol. The topological polar surface area (TPSA) is 17.1 Å². The fourth-order valence-corrected chi connectivity index (χ4v) is 0.657. The lowest BCUT2D eigenvalue weighted by molar-refractivity contribution is -0.107. The minimum absolute atomic E-state index is 0.427. The summed E-state index contributed by atoms with van der Waals surface area (Å²) in [5, 5.41) is -0.427. The van der Waals surface area contributed by atoms with Crippen molar-refractivity contribution in [3.05, 3.63) is 10.6 Å². The highest BCUT2D eigenvalue weighted by Crippen LogP contribution is 2.10. The van der Waals surface area contributed by atoms with Crippen molar-refractivity contribution in [2.75, 3.05) is 0 Å². The number of halogens is 2. The van der Waals surface area contributed by atoms with E-state index in [-0.39, 0.29) is 0 Å². The van der Waals surface area contributed by atoms with Gasteiger partial charge in [-0.2, -0.15) is 0 Å². The lowest BCUT2D eigenvalue weighted by Gasteiger charge is -1.86. The monoisotopic (exact) mass is 210 g/mol. The van der Waals surface area contributed by atoms with Crippen LogP contribution in [0, 0.1) is 0 Å². The van der Waals surface area contributed by atoms with Crippen LogP contribution in [0.3, 0.4) is 0 Å². The Labute approximate surface area is 68.2 Å². The molecule has 1 nitrogen and oxygen atoms in total. The van der Waals surface area contributed by atoms with E-state index >= 15 is 0 Å². The summed E-state index contributed by atoms with van der Waals surface area (Å²) in [6.45, 7) is 2.04. The average molecular weight is 211 g/mol. The molecule has 0 bridgehead atoms. The standard InChI is InChI=1S/C6H8BrClO/c1-2-3-4-5(7)6(8)9/h4H,2-3H2,1H3/b5-4-. The van der Waals surface area contributed by atoms with Gasteiger partial charge in [-0.05, 0) is 34.0 Å². The third kappa shape index (κ3) is 4.67. The Morgan fingerprint density at radius 1 is 1.78 bits per heavy atom. The Bertz CT molecular complexity index is 131. The Kier molecular flexibility index (Phi) is 5.10. The Hall–Kier alpha value is 0.180. The molecule has 0 radical (unpaired) electrons. The Morgan fingerprint density at radius 2 is 2.33 bits per heavy atom. The van der Waals surface area contributed by atoms with Crippen LogP contribution in [0.25, 0.3) is 0 Å². The quantitative estimate of drug-likeness (QED) is 0.518. The highest BCUT2D eigenvalue weighted by molar-refractivity contribution is 9.12. The smallest absolute Gasteiger partial charge is 0.259 e. The van der Waals surface area contributed by atoms with Crippen molar-refractivity contribution >= 4 is 32.8 Å². The maximum atomic E-state index is 10.3. The van der Waals surface area contributed by atoms with Gasteiger partial charge in [-0.25, -0.2) is 0 Å². The van der Waals surface area contributed by atoms with Crippen LogP contribution < -0.4 is 0 Å². The van der Waals surface area contributed by atoms with Gasteiger partial charge in [0, 0.05) is 0 Å². The SMILES string of the molecule is CCC/C=C(\Br)C(=O)Cl. The first-order valence-corrected chi connectivity index (χ1v) is 3.91. The van der Waals surface area contributed by atoms with E-state index in [0.29, 0.717) is 4.48 Å². The van der Waals surface area contributed by atoms with E-state index in [2.05, 4.69) is 15.9 Å². The van der Waals surface area contributed by atoms with Crippen LogP contribution in [0.1, 0.15) is 19.8 Å². The van der Waals surface area contributed by atoms with Gasteiger partial charge in [0.2, 0.25) is 0 Å². The van der Waals surface area contributed by atoms with Gasteiger partial charge < -0.3 is 0 Å². The second kappa shape index (κ2) is 5.00. The van der Waals surface area contributed by atoms with E-state index in [4.69, 9.17) is 11.6 Å². The minimum Gasteiger partial charge on any atom is -0.275 e. The normalized spacial score (nSPS) is 11.7. The van der Waals surface area contributed by atoms with Crippen molar-refractivity contribution in [1.29, 1.82) is 0 Å². The number of unbranched alkanes of at least 4 members (excludes halogenated alkanes) is 1.